The van der Waals surface area contributed by atoms with Gasteiger partial charge in [0.1, 0.15) is 11.5 Å². The molecule has 128 valence electrons. The third kappa shape index (κ3) is 5.27. The Bertz CT molecular complexity index is 698. The molecule has 6 nitrogen and oxygen atoms in total. The summed E-state index contributed by atoms with van der Waals surface area (Å²) in [5.41, 5.74) is 0. The van der Waals surface area contributed by atoms with Gasteiger partial charge in [-0.2, -0.15) is 0 Å². The van der Waals surface area contributed by atoms with Crippen molar-refractivity contribution in [2.45, 2.75) is 6.92 Å². The molecule has 1 heterocycles. The Morgan fingerprint density at radius 3 is 2.54 bits per heavy atom. The maximum absolute atomic E-state index is 11.7. The number of amides is 1. The van der Waals surface area contributed by atoms with Crippen LogP contribution in [-0.2, 0) is 9.53 Å². The predicted molar refractivity (Wildman–Crippen MR) is 90.8 cm³/mol. The normalized spacial score (nSPS) is 10.1. The first-order chi connectivity index (χ1) is 11.6. The van der Waals surface area contributed by atoms with E-state index >= 15 is 0 Å². The topological polar surface area (TPSA) is 73.9 Å². The summed E-state index contributed by atoms with van der Waals surface area (Å²) in [5, 5.41) is 2.62. The fourth-order valence-electron chi connectivity index (χ4n) is 1.89. The number of carbonyl (C=O) groups excluding carboxylic acids is 2. The molecule has 0 saturated heterocycles. The van der Waals surface area contributed by atoms with E-state index in [1.165, 1.54) is 11.3 Å². The maximum Gasteiger partial charge on any atom is 0.348 e. The highest BCUT2D eigenvalue weighted by atomic mass is 32.1. The van der Waals surface area contributed by atoms with Gasteiger partial charge in [0.2, 0.25) is 0 Å². The van der Waals surface area contributed by atoms with Gasteiger partial charge in [0.05, 0.1) is 13.7 Å². The standard InChI is InChI=1S/C17H19NO5S/c1-12-7-8-15(24-12)17(20)23-11-16(19)18-9-10-22-14-6-4-3-5-13(14)21-2/h3-8H,9-11H2,1-2H3,(H,18,19). The third-order valence-corrected chi connectivity index (χ3v) is 4.01. The second-order valence-corrected chi connectivity index (χ2v) is 6.12. The van der Waals surface area contributed by atoms with E-state index in [-0.39, 0.29) is 19.1 Å². The number of benzene rings is 1. The average molecular weight is 349 g/mol. The minimum Gasteiger partial charge on any atom is -0.493 e. The monoisotopic (exact) mass is 349 g/mol. The van der Waals surface area contributed by atoms with Crippen LogP contribution in [0.25, 0.3) is 0 Å². The summed E-state index contributed by atoms with van der Waals surface area (Å²) in [7, 11) is 1.56. The first-order valence-corrected chi connectivity index (χ1v) is 8.18. The number of nitrogens with one attached hydrogen (secondary N) is 1. The molecule has 7 heteroatoms. The SMILES string of the molecule is COc1ccccc1OCCNC(=O)COC(=O)c1ccc(C)s1. The first-order valence-electron chi connectivity index (χ1n) is 7.36. The van der Waals surface area contributed by atoms with Crippen molar-refractivity contribution in [1.82, 2.24) is 5.32 Å². The minimum atomic E-state index is -0.492. The van der Waals surface area contributed by atoms with Gasteiger partial charge in [-0.05, 0) is 31.2 Å². The molecule has 0 aliphatic rings. The van der Waals surface area contributed by atoms with Crippen LogP contribution < -0.4 is 14.8 Å². The number of aryl methyl sites for hydroxylation is 1. The van der Waals surface area contributed by atoms with Crippen molar-refractivity contribution in [3.05, 3.63) is 46.2 Å². The second-order valence-electron chi connectivity index (χ2n) is 4.84. The second kappa shape index (κ2) is 8.93. The van der Waals surface area contributed by atoms with Crippen molar-refractivity contribution in [2.75, 3.05) is 26.9 Å². The van der Waals surface area contributed by atoms with Crippen LogP contribution in [0.2, 0.25) is 0 Å². The molecule has 1 aromatic carbocycles. The zero-order chi connectivity index (χ0) is 17.4. The van der Waals surface area contributed by atoms with E-state index in [2.05, 4.69) is 5.32 Å². The largest absolute Gasteiger partial charge is 0.493 e. The number of hydrogen-bond donors (Lipinski definition) is 1. The minimum absolute atomic E-state index is 0.282. The number of methoxy groups -OCH3 is 1. The Morgan fingerprint density at radius 2 is 1.88 bits per heavy atom. The number of carbonyl (C=O) groups is 2. The zero-order valence-electron chi connectivity index (χ0n) is 13.5. The molecule has 1 amide bonds. The predicted octanol–water partition coefficient (Wildman–Crippen LogP) is 2.42. The van der Waals surface area contributed by atoms with Crippen molar-refractivity contribution >= 4 is 23.2 Å². The van der Waals surface area contributed by atoms with Gasteiger partial charge in [0.15, 0.2) is 18.1 Å². The molecule has 0 fully saturated rings. The van der Waals surface area contributed by atoms with Gasteiger partial charge in [-0.1, -0.05) is 12.1 Å². The summed E-state index contributed by atoms with van der Waals surface area (Å²) in [6.07, 6.45) is 0. The average Bonchev–Trinajstić information content (AvgIpc) is 3.03. The van der Waals surface area contributed by atoms with Crippen LogP contribution in [0.15, 0.2) is 36.4 Å². The summed E-state index contributed by atoms with van der Waals surface area (Å²) in [6.45, 7) is 2.16. The number of hydrogen-bond acceptors (Lipinski definition) is 6. The molecular formula is C17H19NO5S. The number of rotatable bonds is 8. The lowest BCUT2D eigenvalue weighted by Gasteiger charge is -2.10. The maximum atomic E-state index is 11.7. The van der Waals surface area contributed by atoms with Crippen LogP contribution in [0.4, 0.5) is 0 Å². The molecule has 0 saturated carbocycles. The molecule has 0 radical (unpaired) electrons. The highest BCUT2D eigenvalue weighted by molar-refractivity contribution is 7.13. The van der Waals surface area contributed by atoms with Crippen LogP contribution in [0.1, 0.15) is 14.5 Å². The van der Waals surface area contributed by atoms with E-state index in [1.807, 2.05) is 25.1 Å². The van der Waals surface area contributed by atoms with Crippen LogP contribution >= 0.6 is 11.3 Å². The van der Waals surface area contributed by atoms with Crippen LogP contribution in [-0.4, -0.2) is 38.7 Å². The Balaban J connectivity index is 1.65. The number of thiophene rings is 1. The van der Waals surface area contributed by atoms with E-state index in [0.717, 1.165) is 4.88 Å². The van der Waals surface area contributed by atoms with Crippen molar-refractivity contribution in [3.63, 3.8) is 0 Å². The van der Waals surface area contributed by atoms with Crippen molar-refractivity contribution in [3.8, 4) is 11.5 Å². The van der Waals surface area contributed by atoms with Gasteiger partial charge in [-0.15, -0.1) is 11.3 Å². The Labute approximate surface area is 144 Å². The van der Waals surface area contributed by atoms with Gasteiger partial charge in [0.25, 0.3) is 5.91 Å². The lowest BCUT2D eigenvalue weighted by Crippen LogP contribution is -2.32. The molecule has 0 atom stereocenters. The molecule has 2 aromatic rings. The fraction of sp³-hybridized carbons (Fsp3) is 0.294. The van der Waals surface area contributed by atoms with Crippen molar-refractivity contribution in [1.29, 1.82) is 0 Å². The van der Waals surface area contributed by atoms with Crippen molar-refractivity contribution in [2.24, 2.45) is 0 Å². The molecule has 0 aliphatic heterocycles. The van der Waals surface area contributed by atoms with Gasteiger partial charge in [-0.25, -0.2) is 4.79 Å². The third-order valence-electron chi connectivity index (χ3n) is 3.03. The van der Waals surface area contributed by atoms with E-state index in [1.54, 1.807) is 25.3 Å². The summed E-state index contributed by atoms with van der Waals surface area (Å²) in [4.78, 5) is 24.9. The molecule has 24 heavy (non-hydrogen) atoms. The lowest BCUT2D eigenvalue weighted by molar-refractivity contribution is -0.124. The van der Waals surface area contributed by atoms with E-state index in [0.29, 0.717) is 22.9 Å². The molecule has 1 aromatic heterocycles. The first kappa shape index (κ1) is 17.8. The molecule has 0 spiro atoms. The molecule has 1 N–H and O–H groups in total. The van der Waals surface area contributed by atoms with Gasteiger partial charge >= 0.3 is 5.97 Å². The van der Waals surface area contributed by atoms with Crippen molar-refractivity contribution < 1.29 is 23.8 Å². The smallest absolute Gasteiger partial charge is 0.348 e. The summed E-state index contributed by atoms with van der Waals surface area (Å²) in [6, 6.07) is 10.8. The zero-order valence-corrected chi connectivity index (χ0v) is 14.4. The Morgan fingerprint density at radius 1 is 1.12 bits per heavy atom. The number of para-hydroxylation sites is 2. The lowest BCUT2D eigenvalue weighted by atomic mass is 10.3. The summed E-state index contributed by atoms with van der Waals surface area (Å²) >= 11 is 1.33. The van der Waals surface area contributed by atoms with Crippen LogP contribution in [0, 0.1) is 6.92 Å². The molecule has 0 aliphatic carbocycles. The highest BCUT2D eigenvalue weighted by Gasteiger charge is 2.11. The highest BCUT2D eigenvalue weighted by Crippen LogP contribution is 2.25. The van der Waals surface area contributed by atoms with Crippen LogP contribution in [0.3, 0.4) is 0 Å². The molecule has 2 rings (SSSR count). The van der Waals surface area contributed by atoms with Gasteiger partial charge in [-0.3, -0.25) is 4.79 Å². The summed E-state index contributed by atoms with van der Waals surface area (Å²) < 4.78 is 15.6. The Hall–Kier alpha value is -2.54. The van der Waals surface area contributed by atoms with E-state index in [4.69, 9.17) is 14.2 Å². The molecular weight excluding hydrogens is 330 g/mol. The summed E-state index contributed by atoms with van der Waals surface area (Å²) in [5.74, 6) is 0.367. The van der Waals surface area contributed by atoms with Gasteiger partial charge < -0.3 is 19.5 Å². The fourth-order valence-corrected chi connectivity index (χ4v) is 2.65. The molecule has 0 unspecified atom stereocenters. The molecule has 0 bridgehead atoms. The van der Waals surface area contributed by atoms with Gasteiger partial charge in [0, 0.05) is 4.88 Å². The number of esters is 1. The number of ether oxygens (including phenoxy) is 3. The van der Waals surface area contributed by atoms with Crippen LogP contribution in [0.5, 0.6) is 11.5 Å². The Kier molecular flexibility index (Phi) is 6.62. The van der Waals surface area contributed by atoms with E-state index < -0.39 is 5.97 Å². The quantitative estimate of drug-likeness (QED) is 0.585. The van der Waals surface area contributed by atoms with E-state index in [9.17, 15) is 9.59 Å².